The summed E-state index contributed by atoms with van der Waals surface area (Å²) < 4.78 is 5.89. The number of rotatable bonds is 6. The second-order valence-corrected chi connectivity index (χ2v) is 5.95. The third kappa shape index (κ3) is 4.34. The lowest BCUT2D eigenvalue weighted by molar-refractivity contribution is -0.123. The molecule has 0 unspecified atom stereocenters. The number of aliphatic hydroxyl groups is 1. The monoisotopic (exact) mass is 326 g/mol. The highest BCUT2D eigenvalue weighted by atomic mass is 16.5. The summed E-state index contributed by atoms with van der Waals surface area (Å²) in [5.74, 6) is 0.672. The number of benzene rings is 2. The van der Waals surface area contributed by atoms with Gasteiger partial charge in [0.15, 0.2) is 0 Å². The van der Waals surface area contributed by atoms with Crippen LogP contribution in [0.5, 0.6) is 5.75 Å². The Bertz CT molecular complexity index is 675. The minimum atomic E-state index is -0.442. The van der Waals surface area contributed by atoms with E-state index in [9.17, 15) is 9.90 Å². The zero-order valence-corrected chi connectivity index (χ0v) is 13.4. The number of amides is 1. The second-order valence-electron chi connectivity index (χ2n) is 5.95. The van der Waals surface area contributed by atoms with Crippen LogP contribution in [0.15, 0.2) is 54.6 Å². The lowest BCUT2D eigenvalue weighted by Crippen LogP contribution is -2.40. The van der Waals surface area contributed by atoms with Crippen molar-refractivity contribution in [1.82, 2.24) is 10.6 Å². The van der Waals surface area contributed by atoms with Gasteiger partial charge in [0.25, 0.3) is 0 Å². The van der Waals surface area contributed by atoms with Crippen LogP contribution in [0, 0.1) is 0 Å². The van der Waals surface area contributed by atoms with Crippen LogP contribution in [0.25, 0.3) is 0 Å². The topological polar surface area (TPSA) is 70.6 Å². The minimum Gasteiger partial charge on any atom is -0.489 e. The van der Waals surface area contributed by atoms with Crippen LogP contribution >= 0.6 is 0 Å². The maximum Gasteiger partial charge on any atom is 0.237 e. The number of nitrogens with one attached hydrogen (secondary N) is 2. The van der Waals surface area contributed by atoms with Gasteiger partial charge in [0.2, 0.25) is 5.91 Å². The van der Waals surface area contributed by atoms with E-state index in [2.05, 4.69) is 10.6 Å². The third-order valence-electron chi connectivity index (χ3n) is 4.09. The highest BCUT2D eigenvalue weighted by Crippen LogP contribution is 2.19. The Labute approximate surface area is 141 Å². The van der Waals surface area contributed by atoms with Crippen LogP contribution in [0.3, 0.4) is 0 Å². The van der Waals surface area contributed by atoms with Gasteiger partial charge in [-0.15, -0.1) is 0 Å². The zero-order chi connectivity index (χ0) is 16.8. The molecule has 0 radical (unpaired) electrons. The van der Waals surface area contributed by atoms with Crippen molar-refractivity contribution in [3.8, 4) is 5.75 Å². The van der Waals surface area contributed by atoms with E-state index in [4.69, 9.17) is 4.74 Å². The van der Waals surface area contributed by atoms with Crippen LogP contribution in [0.4, 0.5) is 0 Å². The number of ether oxygens (including phenoxy) is 1. The summed E-state index contributed by atoms with van der Waals surface area (Å²) in [6.07, 6.45) is 0.0140. The second kappa shape index (κ2) is 7.95. The predicted molar refractivity (Wildman–Crippen MR) is 91.5 cm³/mol. The van der Waals surface area contributed by atoms with Gasteiger partial charge in [-0.05, 0) is 18.1 Å². The summed E-state index contributed by atoms with van der Waals surface area (Å²) in [4.78, 5) is 12.1. The first-order valence-corrected chi connectivity index (χ1v) is 8.16. The largest absolute Gasteiger partial charge is 0.489 e. The Morgan fingerprint density at radius 1 is 1.17 bits per heavy atom. The van der Waals surface area contributed by atoms with Gasteiger partial charge in [-0.3, -0.25) is 4.79 Å². The molecule has 126 valence electrons. The molecule has 3 rings (SSSR count). The van der Waals surface area contributed by atoms with Crippen molar-refractivity contribution >= 4 is 5.91 Å². The Hall–Kier alpha value is -2.37. The summed E-state index contributed by atoms with van der Waals surface area (Å²) in [5, 5.41) is 15.4. The maximum atomic E-state index is 12.1. The van der Waals surface area contributed by atoms with Gasteiger partial charge in [-0.1, -0.05) is 48.5 Å². The molecule has 0 aromatic heterocycles. The lowest BCUT2D eigenvalue weighted by atomic mass is 10.1. The van der Waals surface area contributed by atoms with E-state index in [-0.39, 0.29) is 11.9 Å². The Morgan fingerprint density at radius 2 is 1.92 bits per heavy atom. The number of aliphatic hydroxyl groups excluding tert-OH is 1. The highest BCUT2D eigenvalue weighted by Gasteiger charge is 2.27. The molecule has 0 aliphatic carbocycles. The molecule has 1 amide bonds. The number of hydrogen-bond acceptors (Lipinski definition) is 4. The fourth-order valence-corrected chi connectivity index (χ4v) is 2.75. The minimum absolute atomic E-state index is 0.0931. The van der Waals surface area contributed by atoms with Crippen molar-refractivity contribution in [1.29, 1.82) is 0 Å². The van der Waals surface area contributed by atoms with Crippen LogP contribution in [0.2, 0.25) is 0 Å². The van der Waals surface area contributed by atoms with Crippen LogP contribution in [0.1, 0.15) is 17.5 Å². The molecule has 5 heteroatoms. The van der Waals surface area contributed by atoms with Crippen molar-refractivity contribution in [3.63, 3.8) is 0 Å². The van der Waals surface area contributed by atoms with Crippen molar-refractivity contribution in [2.75, 3.05) is 6.54 Å². The number of β-amino-alcohol motifs (C(OH)–C–C–N with tert-alkyl or cyclic N) is 1. The average Bonchev–Trinajstić information content (AvgIpc) is 3.06. The van der Waals surface area contributed by atoms with Gasteiger partial charge in [-0.2, -0.15) is 0 Å². The smallest absolute Gasteiger partial charge is 0.237 e. The molecule has 2 aromatic rings. The number of hydrogen-bond donors (Lipinski definition) is 3. The van der Waals surface area contributed by atoms with E-state index < -0.39 is 6.10 Å². The third-order valence-corrected chi connectivity index (χ3v) is 4.09. The molecule has 1 aliphatic rings. The Kier molecular flexibility index (Phi) is 5.46. The molecule has 1 fully saturated rings. The number of carbonyl (C=O) groups is 1. The van der Waals surface area contributed by atoms with Crippen LogP contribution in [-0.4, -0.2) is 29.7 Å². The maximum absolute atomic E-state index is 12.1. The molecule has 0 bridgehead atoms. The van der Waals surface area contributed by atoms with E-state index in [1.807, 2.05) is 54.6 Å². The number of para-hydroxylation sites is 1. The Balaban J connectivity index is 1.56. The number of carbonyl (C=O) groups excluding carboxylic acids is 1. The molecule has 2 atom stereocenters. The first kappa shape index (κ1) is 16.5. The quantitative estimate of drug-likeness (QED) is 0.754. The van der Waals surface area contributed by atoms with Gasteiger partial charge in [0.05, 0.1) is 12.1 Å². The first-order valence-electron chi connectivity index (χ1n) is 8.16. The van der Waals surface area contributed by atoms with Crippen LogP contribution < -0.4 is 15.4 Å². The highest BCUT2D eigenvalue weighted by molar-refractivity contribution is 5.82. The average molecular weight is 326 g/mol. The summed E-state index contributed by atoms with van der Waals surface area (Å²) in [6.45, 7) is 1.36. The molecule has 2 aromatic carbocycles. The van der Waals surface area contributed by atoms with Gasteiger partial charge < -0.3 is 20.5 Å². The van der Waals surface area contributed by atoms with Gasteiger partial charge >= 0.3 is 0 Å². The zero-order valence-electron chi connectivity index (χ0n) is 13.4. The lowest BCUT2D eigenvalue weighted by Gasteiger charge is -2.14. The fourth-order valence-electron chi connectivity index (χ4n) is 2.75. The summed E-state index contributed by atoms with van der Waals surface area (Å²) >= 11 is 0. The summed E-state index contributed by atoms with van der Waals surface area (Å²) in [6, 6.07) is 17.3. The Morgan fingerprint density at radius 3 is 2.67 bits per heavy atom. The molecule has 24 heavy (non-hydrogen) atoms. The molecule has 3 N–H and O–H groups in total. The standard InChI is InChI=1S/C19H22N2O3/c22-16-10-17(20-12-16)19(23)21-11-15-8-4-5-9-18(15)24-13-14-6-2-1-3-7-14/h1-9,16-17,20,22H,10-13H2,(H,21,23)/t16-,17-/m0/s1. The SMILES string of the molecule is O=C(NCc1ccccc1OCc1ccccc1)[C@@H]1C[C@H](O)CN1. The molecule has 5 nitrogen and oxygen atoms in total. The molecule has 0 spiro atoms. The molecular weight excluding hydrogens is 304 g/mol. The fraction of sp³-hybridized carbons (Fsp3) is 0.316. The van der Waals surface area contributed by atoms with E-state index in [0.29, 0.717) is 26.1 Å². The summed E-state index contributed by atoms with van der Waals surface area (Å²) in [7, 11) is 0. The molecule has 1 heterocycles. The van der Waals surface area contributed by atoms with Crippen molar-refractivity contribution in [3.05, 3.63) is 65.7 Å². The molecular formula is C19H22N2O3. The normalized spacial score (nSPS) is 19.9. The van der Waals surface area contributed by atoms with E-state index in [1.165, 1.54) is 0 Å². The van der Waals surface area contributed by atoms with E-state index in [0.717, 1.165) is 16.9 Å². The van der Waals surface area contributed by atoms with Crippen molar-refractivity contribution < 1.29 is 14.6 Å². The molecule has 1 aliphatic heterocycles. The molecule has 0 saturated carbocycles. The first-order chi connectivity index (χ1) is 11.7. The van der Waals surface area contributed by atoms with Gasteiger partial charge in [0, 0.05) is 18.7 Å². The summed E-state index contributed by atoms with van der Waals surface area (Å²) in [5.41, 5.74) is 2.03. The predicted octanol–water partition coefficient (Wildman–Crippen LogP) is 1.60. The van der Waals surface area contributed by atoms with E-state index in [1.54, 1.807) is 0 Å². The van der Waals surface area contributed by atoms with Crippen molar-refractivity contribution in [2.45, 2.75) is 31.7 Å². The molecule has 1 saturated heterocycles. The van der Waals surface area contributed by atoms with Crippen LogP contribution in [-0.2, 0) is 17.9 Å². The van der Waals surface area contributed by atoms with Crippen molar-refractivity contribution in [2.24, 2.45) is 0 Å². The van der Waals surface area contributed by atoms with Gasteiger partial charge in [-0.25, -0.2) is 0 Å². The van der Waals surface area contributed by atoms with E-state index >= 15 is 0 Å². The van der Waals surface area contributed by atoms with Gasteiger partial charge in [0.1, 0.15) is 12.4 Å².